The standard InChI is InChI=1S/C25H16FNO3/c1-15-6-8-16(9-7-15)14-27-24-21(17-10-12-18(26)13-11-17)22-23(30-24)19-4-2-3-5-20(19)29-25(22)28/h2-14H,1H3/b27-14+. The molecule has 3 aromatic carbocycles. The smallest absolute Gasteiger partial charge is 0.348 e. The summed E-state index contributed by atoms with van der Waals surface area (Å²) < 4.78 is 25.1. The van der Waals surface area contributed by atoms with Gasteiger partial charge in [-0.1, -0.05) is 54.1 Å². The highest BCUT2D eigenvalue weighted by molar-refractivity contribution is 6.09. The average molecular weight is 397 g/mol. The third-order valence-electron chi connectivity index (χ3n) is 4.97. The van der Waals surface area contributed by atoms with E-state index in [0.717, 1.165) is 11.1 Å². The molecular formula is C25H16FNO3. The number of halogens is 1. The second-order valence-electron chi connectivity index (χ2n) is 7.05. The van der Waals surface area contributed by atoms with Crippen molar-refractivity contribution < 1.29 is 13.2 Å². The van der Waals surface area contributed by atoms with Crippen LogP contribution in [0, 0.1) is 12.7 Å². The first kappa shape index (κ1) is 18.1. The van der Waals surface area contributed by atoms with Crippen LogP contribution < -0.4 is 5.63 Å². The number of hydrogen-bond acceptors (Lipinski definition) is 4. The van der Waals surface area contributed by atoms with E-state index in [-0.39, 0.29) is 17.1 Å². The summed E-state index contributed by atoms with van der Waals surface area (Å²) in [5.74, 6) is -0.102. The Morgan fingerprint density at radius 2 is 1.63 bits per heavy atom. The van der Waals surface area contributed by atoms with E-state index in [4.69, 9.17) is 8.83 Å². The molecule has 4 nitrogen and oxygen atoms in total. The van der Waals surface area contributed by atoms with Crippen molar-refractivity contribution in [1.29, 1.82) is 0 Å². The monoisotopic (exact) mass is 397 g/mol. The highest BCUT2D eigenvalue weighted by Gasteiger charge is 2.22. The zero-order valence-corrected chi connectivity index (χ0v) is 16.1. The van der Waals surface area contributed by atoms with Gasteiger partial charge in [0.05, 0.1) is 10.9 Å². The lowest BCUT2D eigenvalue weighted by atomic mass is 10.0. The number of aliphatic imine (C=N–C) groups is 1. The Hall–Kier alpha value is -3.99. The fourth-order valence-electron chi connectivity index (χ4n) is 3.46. The van der Waals surface area contributed by atoms with Crippen LogP contribution in [0.5, 0.6) is 0 Å². The van der Waals surface area contributed by atoms with Crippen LogP contribution >= 0.6 is 0 Å². The van der Waals surface area contributed by atoms with Crippen LogP contribution in [0.3, 0.4) is 0 Å². The summed E-state index contributed by atoms with van der Waals surface area (Å²) in [7, 11) is 0. The molecule has 0 amide bonds. The van der Waals surface area contributed by atoms with Crippen LogP contribution in [0.2, 0.25) is 0 Å². The number of hydrogen-bond donors (Lipinski definition) is 0. The van der Waals surface area contributed by atoms with Crippen LogP contribution in [-0.4, -0.2) is 6.21 Å². The molecule has 0 unspecified atom stereocenters. The molecule has 30 heavy (non-hydrogen) atoms. The highest BCUT2D eigenvalue weighted by atomic mass is 19.1. The van der Waals surface area contributed by atoms with Gasteiger partial charge >= 0.3 is 5.63 Å². The predicted molar refractivity (Wildman–Crippen MR) is 116 cm³/mol. The van der Waals surface area contributed by atoms with Gasteiger partial charge in [-0.25, -0.2) is 14.2 Å². The van der Waals surface area contributed by atoms with Gasteiger partial charge in [-0.2, -0.15) is 0 Å². The summed E-state index contributed by atoms with van der Waals surface area (Å²) in [6.45, 7) is 2.01. The summed E-state index contributed by atoms with van der Waals surface area (Å²) in [5, 5.41) is 0.962. The quantitative estimate of drug-likeness (QED) is 0.261. The number of furan rings is 1. The fraction of sp³-hybridized carbons (Fsp3) is 0.0400. The molecule has 5 aromatic rings. The second-order valence-corrected chi connectivity index (χ2v) is 7.05. The average Bonchev–Trinajstić information content (AvgIpc) is 3.14. The van der Waals surface area contributed by atoms with E-state index < -0.39 is 5.63 Å². The normalized spacial score (nSPS) is 11.7. The Bertz CT molecular complexity index is 1460. The molecule has 0 atom stereocenters. The number of aryl methyl sites for hydroxylation is 1. The van der Waals surface area contributed by atoms with Crippen molar-refractivity contribution in [2.24, 2.45) is 4.99 Å². The summed E-state index contributed by atoms with van der Waals surface area (Å²) in [6, 6.07) is 20.9. The molecule has 5 heteroatoms. The van der Waals surface area contributed by atoms with Crippen LogP contribution in [-0.2, 0) is 0 Å². The molecule has 2 heterocycles. The summed E-state index contributed by atoms with van der Waals surface area (Å²) in [6.07, 6.45) is 1.67. The van der Waals surface area contributed by atoms with Gasteiger partial charge in [-0.05, 0) is 42.3 Å². The number of para-hydroxylation sites is 1. The summed E-state index contributed by atoms with van der Waals surface area (Å²) in [5.41, 5.74) is 3.45. The lowest BCUT2D eigenvalue weighted by Gasteiger charge is -2.01. The van der Waals surface area contributed by atoms with Crippen molar-refractivity contribution >= 4 is 34.0 Å². The number of nitrogens with zero attached hydrogens (tertiary/aromatic N) is 1. The first-order valence-corrected chi connectivity index (χ1v) is 9.45. The third-order valence-corrected chi connectivity index (χ3v) is 4.97. The molecule has 0 aliphatic rings. The molecule has 0 saturated heterocycles. The number of fused-ring (bicyclic) bond motifs is 3. The van der Waals surface area contributed by atoms with Crippen LogP contribution in [0.25, 0.3) is 33.1 Å². The van der Waals surface area contributed by atoms with Crippen molar-refractivity contribution in [3.8, 4) is 11.1 Å². The van der Waals surface area contributed by atoms with Crippen molar-refractivity contribution in [2.45, 2.75) is 6.92 Å². The first-order valence-electron chi connectivity index (χ1n) is 9.45. The molecule has 0 saturated carbocycles. The lowest BCUT2D eigenvalue weighted by Crippen LogP contribution is -1.99. The van der Waals surface area contributed by atoms with Gasteiger partial charge in [0, 0.05) is 6.21 Å². The van der Waals surface area contributed by atoms with Gasteiger partial charge < -0.3 is 8.83 Å². The fourth-order valence-corrected chi connectivity index (χ4v) is 3.46. The highest BCUT2D eigenvalue weighted by Crippen LogP contribution is 2.41. The van der Waals surface area contributed by atoms with Crippen LogP contribution in [0.4, 0.5) is 10.3 Å². The maximum absolute atomic E-state index is 13.5. The Morgan fingerprint density at radius 3 is 2.40 bits per heavy atom. The van der Waals surface area contributed by atoms with E-state index in [1.807, 2.05) is 43.3 Å². The van der Waals surface area contributed by atoms with E-state index >= 15 is 0 Å². The largest absolute Gasteiger partial charge is 0.437 e. The van der Waals surface area contributed by atoms with E-state index in [1.165, 1.54) is 12.1 Å². The number of rotatable bonds is 3. The van der Waals surface area contributed by atoms with Gasteiger partial charge in [0.15, 0.2) is 5.58 Å². The minimum atomic E-state index is -0.524. The molecule has 0 bridgehead atoms. The van der Waals surface area contributed by atoms with Gasteiger partial charge in [-0.15, -0.1) is 0 Å². The van der Waals surface area contributed by atoms with E-state index in [9.17, 15) is 9.18 Å². The molecule has 146 valence electrons. The van der Waals surface area contributed by atoms with Crippen LogP contribution in [0.1, 0.15) is 11.1 Å². The Labute approximate surface area is 170 Å². The van der Waals surface area contributed by atoms with Crippen molar-refractivity contribution in [3.05, 3.63) is 100 Å². The van der Waals surface area contributed by atoms with E-state index in [2.05, 4.69) is 4.99 Å². The number of benzene rings is 3. The van der Waals surface area contributed by atoms with Crippen molar-refractivity contribution in [3.63, 3.8) is 0 Å². The zero-order chi connectivity index (χ0) is 20.7. The summed E-state index contributed by atoms with van der Waals surface area (Å²) in [4.78, 5) is 17.4. The molecular weight excluding hydrogens is 381 g/mol. The third kappa shape index (κ3) is 3.10. The van der Waals surface area contributed by atoms with E-state index in [1.54, 1.807) is 30.5 Å². The molecule has 2 aromatic heterocycles. The summed E-state index contributed by atoms with van der Waals surface area (Å²) >= 11 is 0. The van der Waals surface area contributed by atoms with E-state index in [0.29, 0.717) is 27.7 Å². The van der Waals surface area contributed by atoms with Gasteiger partial charge in [-0.3, -0.25) is 0 Å². The van der Waals surface area contributed by atoms with Gasteiger partial charge in [0.1, 0.15) is 16.8 Å². The minimum Gasteiger partial charge on any atom is -0.437 e. The topological polar surface area (TPSA) is 55.7 Å². The van der Waals surface area contributed by atoms with Crippen LogP contribution in [0.15, 0.2) is 91.4 Å². The van der Waals surface area contributed by atoms with Crippen molar-refractivity contribution in [2.75, 3.05) is 0 Å². The SMILES string of the molecule is Cc1ccc(/C=N/c2oc3c(c2-c2ccc(F)cc2)c(=O)oc2ccccc23)cc1. The maximum atomic E-state index is 13.5. The Morgan fingerprint density at radius 1 is 0.900 bits per heavy atom. The second kappa shape index (κ2) is 7.12. The van der Waals surface area contributed by atoms with Gasteiger partial charge in [0.2, 0.25) is 5.88 Å². The lowest BCUT2D eigenvalue weighted by molar-refractivity contribution is 0.565. The molecule has 0 aliphatic heterocycles. The zero-order valence-electron chi connectivity index (χ0n) is 16.1. The van der Waals surface area contributed by atoms with Gasteiger partial charge in [0.25, 0.3) is 0 Å². The molecule has 0 N–H and O–H groups in total. The molecule has 5 rings (SSSR count). The predicted octanol–water partition coefficient (Wildman–Crippen LogP) is 6.40. The molecule has 0 spiro atoms. The molecule has 0 fully saturated rings. The molecule has 0 aliphatic carbocycles. The Balaban J connectivity index is 1.80. The van der Waals surface area contributed by atoms with Crippen molar-refractivity contribution in [1.82, 2.24) is 0 Å². The maximum Gasteiger partial charge on any atom is 0.348 e. The molecule has 0 radical (unpaired) electrons. The Kier molecular flexibility index (Phi) is 4.29. The first-order chi connectivity index (χ1) is 14.6. The minimum absolute atomic E-state index is 0.265.